The number of hydrogen-bond acceptors (Lipinski definition) is 4. The van der Waals surface area contributed by atoms with Gasteiger partial charge < -0.3 is 10.1 Å². The second-order valence-electron chi connectivity index (χ2n) is 7.14. The zero-order valence-corrected chi connectivity index (χ0v) is 19.0. The Bertz CT molecular complexity index is 1030. The number of halogens is 3. The third kappa shape index (κ3) is 4.81. The molecular weight excluding hydrogens is 447 g/mol. The van der Waals surface area contributed by atoms with Gasteiger partial charge in [0.15, 0.2) is 0 Å². The van der Waals surface area contributed by atoms with E-state index in [-0.39, 0.29) is 35.5 Å². The van der Waals surface area contributed by atoms with E-state index in [1.807, 2.05) is 20.8 Å². The molecular formula is C22H21Cl3N2O3. The molecule has 0 bridgehead atoms. The van der Waals surface area contributed by atoms with Crippen LogP contribution in [0.3, 0.4) is 0 Å². The van der Waals surface area contributed by atoms with Crippen molar-refractivity contribution in [1.82, 2.24) is 4.90 Å². The summed E-state index contributed by atoms with van der Waals surface area (Å²) in [5.41, 5.74) is 2.28. The Morgan fingerprint density at radius 3 is 2.30 bits per heavy atom. The Kier molecular flexibility index (Phi) is 7.09. The lowest BCUT2D eigenvalue weighted by molar-refractivity contribution is -0.137. The molecule has 0 aromatic heterocycles. The SMILES string of the molecule is Cc1cc(Cl)ccc1NC1=C(c2ccc(Cl)cc2Cl)C(=O)N(CCOC(C)C)C1=O. The number of aryl methyl sites for hydroxylation is 1. The van der Waals surface area contributed by atoms with Gasteiger partial charge in [0.1, 0.15) is 5.70 Å². The fourth-order valence-corrected chi connectivity index (χ4v) is 3.85. The van der Waals surface area contributed by atoms with E-state index in [4.69, 9.17) is 39.5 Å². The molecule has 1 heterocycles. The number of imide groups is 1. The lowest BCUT2D eigenvalue weighted by atomic mass is 10.0. The lowest BCUT2D eigenvalue weighted by Gasteiger charge is -2.16. The van der Waals surface area contributed by atoms with Crippen LogP contribution in [0.4, 0.5) is 5.69 Å². The number of carbonyl (C=O) groups excluding carboxylic acids is 2. The average molecular weight is 468 g/mol. The Morgan fingerprint density at radius 1 is 1.00 bits per heavy atom. The third-order valence-electron chi connectivity index (χ3n) is 4.58. The van der Waals surface area contributed by atoms with E-state index < -0.39 is 11.8 Å². The van der Waals surface area contributed by atoms with Crippen molar-refractivity contribution >= 4 is 57.9 Å². The average Bonchev–Trinajstić information content (AvgIpc) is 2.88. The summed E-state index contributed by atoms with van der Waals surface area (Å²) in [7, 11) is 0. The standard InChI is InChI=1S/C22H21Cl3N2O3/c1-12(2)30-9-8-27-21(28)19(16-6-4-15(24)11-17(16)25)20(22(27)29)26-18-7-5-14(23)10-13(18)3/h4-7,10-12,26H,8-9H2,1-3H3. The number of hydrogen-bond donors (Lipinski definition) is 1. The zero-order valence-electron chi connectivity index (χ0n) is 16.8. The molecule has 0 radical (unpaired) electrons. The maximum absolute atomic E-state index is 13.2. The maximum atomic E-state index is 13.2. The molecule has 158 valence electrons. The quantitative estimate of drug-likeness (QED) is 0.541. The monoisotopic (exact) mass is 466 g/mol. The number of rotatable bonds is 7. The molecule has 8 heteroatoms. The van der Waals surface area contributed by atoms with Crippen molar-refractivity contribution in [2.45, 2.75) is 26.9 Å². The molecule has 2 aromatic rings. The Hall–Kier alpha value is -2.05. The van der Waals surface area contributed by atoms with Gasteiger partial charge >= 0.3 is 0 Å². The van der Waals surface area contributed by atoms with Gasteiger partial charge in [0.2, 0.25) is 0 Å². The van der Waals surface area contributed by atoms with Gasteiger partial charge in [-0.25, -0.2) is 0 Å². The first-order valence-corrected chi connectivity index (χ1v) is 10.5. The zero-order chi connectivity index (χ0) is 22.0. The van der Waals surface area contributed by atoms with Crippen molar-refractivity contribution in [3.8, 4) is 0 Å². The molecule has 0 atom stereocenters. The van der Waals surface area contributed by atoms with Crippen LogP contribution in [0.15, 0.2) is 42.1 Å². The van der Waals surface area contributed by atoms with E-state index >= 15 is 0 Å². The molecule has 1 aliphatic rings. The molecule has 0 saturated carbocycles. The number of nitrogens with zero attached hydrogens (tertiary/aromatic N) is 1. The van der Waals surface area contributed by atoms with Gasteiger partial charge in [-0.2, -0.15) is 0 Å². The van der Waals surface area contributed by atoms with Crippen molar-refractivity contribution in [2.24, 2.45) is 0 Å². The molecule has 1 N–H and O–H groups in total. The van der Waals surface area contributed by atoms with Crippen molar-refractivity contribution < 1.29 is 14.3 Å². The van der Waals surface area contributed by atoms with Crippen LogP contribution in [-0.4, -0.2) is 36.0 Å². The summed E-state index contributed by atoms with van der Waals surface area (Å²) in [6.07, 6.45) is -0.00902. The highest BCUT2D eigenvalue weighted by Gasteiger charge is 2.39. The second kappa shape index (κ2) is 9.40. The Morgan fingerprint density at radius 2 is 1.67 bits per heavy atom. The first-order valence-electron chi connectivity index (χ1n) is 9.39. The molecule has 0 unspecified atom stereocenters. The molecule has 3 rings (SSSR count). The van der Waals surface area contributed by atoms with Crippen molar-refractivity contribution in [3.05, 3.63) is 68.3 Å². The highest BCUT2D eigenvalue weighted by Crippen LogP contribution is 2.36. The minimum atomic E-state index is -0.442. The van der Waals surface area contributed by atoms with E-state index in [2.05, 4.69) is 5.32 Å². The van der Waals surface area contributed by atoms with Crippen LogP contribution in [0.25, 0.3) is 5.57 Å². The van der Waals surface area contributed by atoms with Crippen LogP contribution >= 0.6 is 34.8 Å². The topological polar surface area (TPSA) is 58.6 Å². The van der Waals surface area contributed by atoms with Crippen LogP contribution in [-0.2, 0) is 14.3 Å². The van der Waals surface area contributed by atoms with Gasteiger partial charge in [0.25, 0.3) is 11.8 Å². The van der Waals surface area contributed by atoms with Crippen molar-refractivity contribution in [1.29, 1.82) is 0 Å². The molecule has 30 heavy (non-hydrogen) atoms. The maximum Gasteiger partial charge on any atom is 0.278 e. The van der Waals surface area contributed by atoms with E-state index in [9.17, 15) is 9.59 Å². The third-order valence-corrected chi connectivity index (χ3v) is 5.37. The van der Waals surface area contributed by atoms with Crippen LogP contribution in [0.2, 0.25) is 15.1 Å². The van der Waals surface area contributed by atoms with E-state index in [1.165, 1.54) is 0 Å². The van der Waals surface area contributed by atoms with Gasteiger partial charge in [-0.1, -0.05) is 40.9 Å². The summed E-state index contributed by atoms with van der Waals surface area (Å²) in [4.78, 5) is 27.5. The molecule has 0 saturated heterocycles. The highest BCUT2D eigenvalue weighted by atomic mass is 35.5. The summed E-state index contributed by atoms with van der Waals surface area (Å²) in [6, 6.07) is 10.0. The van der Waals surface area contributed by atoms with Gasteiger partial charge in [0, 0.05) is 21.3 Å². The molecule has 0 fully saturated rings. The number of nitrogens with one attached hydrogen (secondary N) is 1. The molecule has 2 aromatic carbocycles. The minimum Gasteiger partial charge on any atom is -0.377 e. The summed E-state index contributed by atoms with van der Waals surface area (Å²) in [5, 5.41) is 4.41. The summed E-state index contributed by atoms with van der Waals surface area (Å²) in [5.74, 6) is -0.881. The number of ether oxygens (including phenoxy) is 1. The fraction of sp³-hybridized carbons (Fsp3) is 0.273. The van der Waals surface area contributed by atoms with Crippen molar-refractivity contribution in [3.63, 3.8) is 0 Å². The van der Waals surface area contributed by atoms with Crippen LogP contribution in [0.1, 0.15) is 25.0 Å². The number of benzene rings is 2. The van der Waals surface area contributed by atoms with E-state index in [0.717, 1.165) is 10.5 Å². The number of amides is 2. The van der Waals surface area contributed by atoms with Gasteiger partial charge in [-0.15, -0.1) is 0 Å². The van der Waals surface area contributed by atoms with E-state index in [1.54, 1.807) is 36.4 Å². The Labute approximate surface area is 190 Å². The number of carbonyl (C=O) groups is 2. The van der Waals surface area contributed by atoms with Crippen LogP contribution in [0.5, 0.6) is 0 Å². The summed E-state index contributed by atoms with van der Waals surface area (Å²) in [6.45, 7) is 6.01. The first-order chi connectivity index (χ1) is 14.2. The molecule has 0 aliphatic carbocycles. The van der Waals surface area contributed by atoms with Crippen LogP contribution in [0, 0.1) is 6.92 Å². The second-order valence-corrected chi connectivity index (χ2v) is 8.42. The fourth-order valence-electron chi connectivity index (χ4n) is 3.12. The predicted molar refractivity (Wildman–Crippen MR) is 121 cm³/mol. The summed E-state index contributed by atoms with van der Waals surface area (Å²) < 4.78 is 5.52. The molecule has 0 spiro atoms. The largest absolute Gasteiger partial charge is 0.377 e. The molecule has 1 aliphatic heterocycles. The van der Waals surface area contributed by atoms with Gasteiger partial charge in [-0.3, -0.25) is 14.5 Å². The Balaban J connectivity index is 2.03. The van der Waals surface area contributed by atoms with Gasteiger partial charge in [-0.05, 0) is 56.7 Å². The van der Waals surface area contributed by atoms with E-state index in [0.29, 0.717) is 21.3 Å². The summed E-state index contributed by atoms with van der Waals surface area (Å²) >= 11 is 18.4. The minimum absolute atomic E-state index is 0.00902. The number of anilines is 1. The predicted octanol–water partition coefficient (Wildman–Crippen LogP) is 5.57. The normalized spacial score (nSPS) is 14.3. The van der Waals surface area contributed by atoms with Gasteiger partial charge in [0.05, 0.1) is 29.9 Å². The first kappa shape index (κ1) is 22.6. The molecule has 2 amide bonds. The molecule has 5 nitrogen and oxygen atoms in total. The van der Waals surface area contributed by atoms with Crippen LogP contribution < -0.4 is 5.32 Å². The highest BCUT2D eigenvalue weighted by molar-refractivity contribution is 6.41. The lowest BCUT2D eigenvalue weighted by Crippen LogP contribution is -2.35. The smallest absolute Gasteiger partial charge is 0.278 e. The van der Waals surface area contributed by atoms with Crippen molar-refractivity contribution in [2.75, 3.05) is 18.5 Å².